The second-order valence-electron chi connectivity index (χ2n) is 6.45. The molecule has 3 aliphatic rings. The lowest BCUT2D eigenvalue weighted by Gasteiger charge is -2.42. The van der Waals surface area contributed by atoms with Gasteiger partial charge in [-0.05, 0) is 26.8 Å². The Bertz CT molecular complexity index is 403. The molecule has 5 nitrogen and oxygen atoms in total. The van der Waals surface area contributed by atoms with Crippen LogP contribution in [0.1, 0.15) is 39.0 Å². The Morgan fingerprint density at radius 3 is 2.47 bits per heavy atom. The number of hydrogen-bond acceptors (Lipinski definition) is 4. The quantitative estimate of drug-likeness (QED) is 0.660. The van der Waals surface area contributed by atoms with Crippen LogP contribution in [0.2, 0.25) is 0 Å². The van der Waals surface area contributed by atoms with E-state index in [1.54, 1.807) is 0 Å². The van der Waals surface area contributed by atoms with E-state index in [0.29, 0.717) is 6.42 Å². The van der Waals surface area contributed by atoms with E-state index in [-0.39, 0.29) is 23.3 Å². The van der Waals surface area contributed by atoms with Crippen LogP contribution >= 0.6 is 0 Å². The molecule has 0 aromatic carbocycles. The molecule has 1 atom stereocenters. The minimum Gasteiger partial charge on any atom is -0.303 e. The fourth-order valence-corrected chi connectivity index (χ4v) is 3.91. The number of hydrazine groups is 1. The number of piperazine rings is 1. The van der Waals surface area contributed by atoms with Gasteiger partial charge in [-0.1, -0.05) is 12.8 Å². The maximum Gasteiger partial charge on any atom is 0.250 e. The van der Waals surface area contributed by atoms with Crippen molar-refractivity contribution in [2.75, 3.05) is 26.7 Å². The molecule has 2 heterocycles. The van der Waals surface area contributed by atoms with Crippen LogP contribution in [0.3, 0.4) is 0 Å². The molecule has 0 aromatic heterocycles. The van der Waals surface area contributed by atoms with Crippen molar-refractivity contribution < 1.29 is 9.59 Å². The molecule has 0 radical (unpaired) electrons. The van der Waals surface area contributed by atoms with Gasteiger partial charge in [-0.25, -0.2) is 10.0 Å². The highest BCUT2D eigenvalue weighted by atomic mass is 16.2. The molecule has 1 spiro atoms. The van der Waals surface area contributed by atoms with E-state index in [1.165, 1.54) is 5.01 Å². The summed E-state index contributed by atoms with van der Waals surface area (Å²) in [6.07, 6.45) is 4.41. The first-order valence-corrected chi connectivity index (χ1v) is 7.36. The van der Waals surface area contributed by atoms with E-state index in [1.807, 2.05) is 5.01 Å². The largest absolute Gasteiger partial charge is 0.303 e. The van der Waals surface area contributed by atoms with Gasteiger partial charge in [-0.2, -0.15) is 0 Å². The molecule has 1 unspecified atom stereocenters. The molecular weight excluding hydrogens is 242 g/mol. The fourth-order valence-electron chi connectivity index (χ4n) is 3.91. The summed E-state index contributed by atoms with van der Waals surface area (Å²) in [5.74, 6) is 0.0923. The molecule has 3 fully saturated rings. The average Bonchev–Trinajstić information content (AvgIpc) is 2.89. The SMILES string of the molecule is CC1CN(C)CCN1N1C(=O)CC2(CCCC2)C1=O. The first-order valence-electron chi connectivity index (χ1n) is 7.36. The number of rotatable bonds is 1. The van der Waals surface area contributed by atoms with Crippen molar-refractivity contribution in [2.45, 2.75) is 45.1 Å². The van der Waals surface area contributed by atoms with Crippen LogP contribution in [0.4, 0.5) is 0 Å². The zero-order chi connectivity index (χ0) is 13.6. The molecule has 1 saturated carbocycles. The lowest BCUT2D eigenvalue weighted by Crippen LogP contribution is -2.59. The van der Waals surface area contributed by atoms with Crippen molar-refractivity contribution in [3.05, 3.63) is 0 Å². The first-order chi connectivity index (χ1) is 9.03. The number of carbonyl (C=O) groups excluding carboxylic acids is 2. The van der Waals surface area contributed by atoms with Crippen molar-refractivity contribution in [2.24, 2.45) is 5.41 Å². The highest BCUT2D eigenvalue weighted by Crippen LogP contribution is 2.47. The highest BCUT2D eigenvalue weighted by molar-refractivity contribution is 6.05. The van der Waals surface area contributed by atoms with Crippen LogP contribution in [0.15, 0.2) is 0 Å². The van der Waals surface area contributed by atoms with Crippen LogP contribution in [-0.2, 0) is 9.59 Å². The number of carbonyl (C=O) groups is 2. The van der Waals surface area contributed by atoms with Crippen molar-refractivity contribution in [1.82, 2.24) is 14.9 Å². The molecule has 106 valence electrons. The molecule has 0 N–H and O–H groups in total. The average molecular weight is 265 g/mol. The van der Waals surface area contributed by atoms with Gasteiger partial charge in [0, 0.05) is 32.1 Å². The summed E-state index contributed by atoms with van der Waals surface area (Å²) < 4.78 is 0. The van der Waals surface area contributed by atoms with E-state index in [2.05, 4.69) is 18.9 Å². The number of nitrogens with zero attached hydrogens (tertiary/aromatic N) is 3. The van der Waals surface area contributed by atoms with Crippen LogP contribution in [0.5, 0.6) is 0 Å². The van der Waals surface area contributed by atoms with Gasteiger partial charge in [0.1, 0.15) is 0 Å². The summed E-state index contributed by atoms with van der Waals surface area (Å²) in [6, 6.07) is 0.225. The third kappa shape index (κ3) is 1.99. The Kier molecular flexibility index (Phi) is 3.14. The van der Waals surface area contributed by atoms with Gasteiger partial charge in [0.2, 0.25) is 5.91 Å². The number of imide groups is 1. The third-order valence-electron chi connectivity index (χ3n) is 4.98. The maximum atomic E-state index is 12.7. The summed E-state index contributed by atoms with van der Waals surface area (Å²) >= 11 is 0. The minimum absolute atomic E-state index is 0.0169. The van der Waals surface area contributed by atoms with Gasteiger partial charge in [-0.3, -0.25) is 9.59 Å². The zero-order valence-corrected chi connectivity index (χ0v) is 11.9. The van der Waals surface area contributed by atoms with Crippen LogP contribution in [0.25, 0.3) is 0 Å². The zero-order valence-electron chi connectivity index (χ0n) is 11.9. The summed E-state index contributed by atoms with van der Waals surface area (Å²) in [5.41, 5.74) is -0.347. The van der Waals surface area contributed by atoms with E-state index in [9.17, 15) is 9.59 Å². The van der Waals surface area contributed by atoms with E-state index in [0.717, 1.165) is 45.3 Å². The van der Waals surface area contributed by atoms with E-state index >= 15 is 0 Å². The molecule has 2 aliphatic heterocycles. The van der Waals surface area contributed by atoms with Crippen molar-refractivity contribution in [1.29, 1.82) is 0 Å². The highest BCUT2D eigenvalue weighted by Gasteiger charge is 2.55. The van der Waals surface area contributed by atoms with E-state index in [4.69, 9.17) is 0 Å². The molecule has 0 bridgehead atoms. The van der Waals surface area contributed by atoms with Crippen molar-refractivity contribution in [3.8, 4) is 0 Å². The Hall–Kier alpha value is -0.940. The first kappa shape index (κ1) is 13.1. The predicted octanol–water partition coefficient (Wildman–Crippen LogP) is 0.857. The Balaban J connectivity index is 1.81. The third-order valence-corrected chi connectivity index (χ3v) is 4.98. The summed E-state index contributed by atoms with van der Waals surface area (Å²) in [7, 11) is 2.08. The lowest BCUT2D eigenvalue weighted by molar-refractivity contribution is -0.167. The minimum atomic E-state index is -0.347. The Morgan fingerprint density at radius 1 is 1.16 bits per heavy atom. The smallest absolute Gasteiger partial charge is 0.250 e. The summed E-state index contributed by atoms with van der Waals surface area (Å²) in [5, 5.41) is 3.49. The molecule has 19 heavy (non-hydrogen) atoms. The fraction of sp³-hybridized carbons (Fsp3) is 0.857. The monoisotopic (exact) mass is 265 g/mol. The second-order valence-corrected chi connectivity index (χ2v) is 6.45. The van der Waals surface area contributed by atoms with Gasteiger partial charge < -0.3 is 4.90 Å². The summed E-state index contributed by atoms with van der Waals surface area (Å²) in [6.45, 7) is 4.68. The molecule has 3 rings (SSSR count). The topological polar surface area (TPSA) is 43.9 Å². The van der Waals surface area contributed by atoms with E-state index < -0.39 is 0 Å². The number of likely N-dealkylation sites (N-methyl/N-ethyl adjacent to an activating group) is 1. The van der Waals surface area contributed by atoms with Crippen LogP contribution in [0, 0.1) is 5.41 Å². The normalized spacial score (nSPS) is 32.7. The predicted molar refractivity (Wildman–Crippen MR) is 71.0 cm³/mol. The van der Waals surface area contributed by atoms with Crippen LogP contribution in [-0.4, -0.2) is 59.5 Å². The molecule has 2 amide bonds. The Labute approximate surface area is 114 Å². The van der Waals surface area contributed by atoms with Gasteiger partial charge in [0.15, 0.2) is 0 Å². The van der Waals surface area contributed by atoms with Crippen LogP contribution < -0.4 is 0 Å². The molecule has 0 aromatic rings. The molecule has 5 heteroatoms. The lowest BCUT2D eigenvalue weighted by atomic mass is 9.85. The second kappa shape index (κ2) is 4.56. The van der Waals surface area contributed by atoms with Gasteiger partial charge in [0.25, 0.3) is 5.91 Å². The Morgan fingerprint density at radius 2 is 1.84 bits per heavy atom. The van der Waals surface area contributed by atoms with Crippen molar-refractivity contribution in [3.63, 3.8) is 0 Å². The van der Waals surface area contributed by atoms with Gasteiger partial charge in [0.05, 0.1) is 5.41 Å². The molecule has 2 saturated heterocycles. The number of amides is 2. The molecule has 1 aliphatic carbocycles. The summed E-state index contributed by atoms with van der Waals surface area (Å²) in [4.78, 5) is 27.3. The van der Waals surface area contributed by atoms with Gasteiger partial charge in [-0.15, -0.1) is 0 Å². The number of hydrogen-bond donors (Lipinski definition) is 0. The molecular formula is C14H23N3O2. The maximum absolute atomic E-state index is 12.7. The van der Waals surface area contributed by atoms with Gasteiger partial charge >= 0.3 is 0 Å². The standard InChI is InChI=1S/C14H23N3O2/c1-11-10-15(2)7-8-16(11)17-12(18)9-14(13(17)19)5-3-4-6-14/h11H,3-10H2,1-2H3. The van der Waals surface area contributed by atoms with Crippen molar-refractivity contribution >= 4 is 11.8 Å².